The lowest BCUT2D eigenvalue weighted by Crippen LogP contribution is -2.52. The lowest BCUT2D eigenvalue weighted by molar-refractivity contribution is -0.0454. The molecule has 0 aromatic heterocycles. The van der Waals surface area contributed by atoms with E-state index in [2.05, 4.69) is 15.9 Å². The van der Waals surface area contributed by atoms with Gasteiger partial charge >= 0.3 is 0 Å². The van der Waals surface area contributed by atoms with Gasteiger partial charge in [0, 0.05) is 22.0 Å². The van der Waals surface area contributed by atoms with Crippen LogP contribution in [-0.4, -0.2) is 16.7 Å². The summed E-state index contributed by atoms with van der Waals surface area (Å²) in [7, 11) is 0. The Morgan fingerprint density at radius 1 is 1.53 bits per heavy atom. The molecule has 0 amide bonds. The minimum absolute atomic E-state index is 0.143. The summed E-state index contributed by atoms with van der Waals surface area (Å²) < 4.78 is 0.952. The molecule has 1 aliphatic carbocycles. The van der Waals surface area contributed by atoms with Crippen molar-refractivity contribution in [3.05, 3.63) is 33.3 Å². The van der Waals surface area contributed by atoms with Crippen LogP contribution in [0.25, 0.3) is 0 Å². The molecule has 0 bridgehead atoms. The van der Waals surface area contributed by atoms with Gasteiger partial charge < -0.3 is 10.8 Å². The van der Waals surface area contributed by atoms with E-state index >= 15 is 0 Å². The topological polar surface area (TPSA) is 46.2 Å². The van der Waals surface area contributed by atoms with Crippen LogP contribution < -0.4 is 5.73 Å². The fourth-order valence-electron chi connectivity index (χ4n) is 2.08. The molecule has 0 spiro atoms. The first kappa shape index (κ1) is 11.4. The Morgan fingerprint density at radius 3 is 2.73 bits per heavy atom. The standard InChI is InChI=1S/C11H13BrClNO/c12-8-2-1-7(10(13)3-8)4-11(15)5-9(14)6-11/h1-3,9,15H,4-6,14H2. The zero-order valence-corrected chi connectivity index (χ0v) is 10.6. The van der Waals surface area contributed by atoms with Crippen molar-refractivity contribution in [2.75, 3.05) is 0 Å². The number of hydrogen-bond donors (Lipinski definition) is 2. The number of rotatable bonds is 2. The summed E-state index contributed by atoms with van der Waals surface area (Å²) in [5.41, 5.74) is 6.01. The van der Waals surface area contributed by atoms with Crippen molar-refractivity contribution in [1.29, 1.82) is 0 Å². The first-order valence-electron chi connectivity index (χ1n) is 4.90. The van der Waals surface area contributed by atoms with Gasteiger partial charge in [-0.2, -0.15) is 0 Å². The fraction of sp³-hybridized carbons (Fsp3) is 0.455. The van der Waals surface area contributed by atoms with Crippen LogP contribution in [0.5, 0.6) is 0 Å². The highest BCUT2D eigenvalue weighted by Crippen LogP contribution is 2.36. The van der Waals surface area contributed by atoms with Gasteiger partial charge in [0.05, 0.1) is 5.60 Å². The molecule has 2 nitrogen and oxygen atoms in total. The second-order valence-corrected chi connectivity index (χ2v) is 5.63. The van der Waals surface area contributed by atoms with Crippen molar-refractivity contribution in [3.8, 4) is 0 Å². The molecule has 4 heteroatoms. The third-order valence-corrected chi connectivity index (χ3v) is 3.66. The van der Waals surface area contributed by atoms with E-state index in [0.717, 1.165) is 10.0 Å². The monoisotopic (exact) mass is 289 g/mol. The lowest BCUT2D eigenvalue weighted by atomic mass is 9.73. The first-order valence-corrected chi connectivity index (χ1v) is 6.07. The first-order chi connectivity index (χ1) is 6.98. The van der Waals surface area contributed by atoms with Crippen molar-refractivity contribution in [2.45, 2.75) is 30.9 Å². The normalized spacial score (nSPS) is 30.0. The van der Waals surface area contributed by atoms with Gasteiger partial charge in [0.2, 0.25) is 0 Å². The van der Waals surface area contributed by atoms with E-state index in [-0.39, 0.29) is 6.04 Å². The average Bonchev–Trinajstić information content (AvgIpc) is 2.08. The second-order valence-electron chi connectivity index (χ2n) is 4.31. The number of benzene rings is 1. The maximum atomic E-state index is 10.1. The number of aliphatic hydroxyl groups is 1. The van der Waals surface area contributed by atoms with Gasteiger partial charge in [-0.05, 0) is 30.5 Å². The molecule has 1 aromatic carbocycles. The van der Waals surface area contributed by atoms with Gasteiger partial charge in [-0.3, -0.25) is 0 Å². The molecule has 3 N–H and O–H groups in total. The third kappa shape index (κ3) is 2.53. The molecule has 82 valence electrons. The molecule has 1 aliphatic rings. The minimum Gasteiger partial charge on any atom is -0.389 e. The Hall–Kier alpha value is -0.0900. The van der Waals surface area contributed by atoms with Crippen LogP contribution in [0.1, 0.15) is 18.4 Å². The summed E-state index contributed by atoms with van der Waals surface area (Å²) in [5.74, 6) is 0. The molecule has 0 heterocycles. The Kier molecular flexibility index (Phi) is 3.08. The molecular formula is C11H13BrClNO. The van der Waals surface area contributed by atoms with E-state index in [1.54, 1.807) is 0 Å². The van der Waals surface area contributed by atoms with Crippen LogP contribution in [0.15, 0.2) is 22.7 Å². The predicted molar refractivity (Wildman–Crippen MR) is 65.0 cm³/mol. The SMILES string of the molecule is NC1CC(O)(Cc2ccc(Br)cc2Cl)C1. The maximum absolute atomic E-state index is 10.1. The molecule has 0 saturated heterocycles. The Bertz CT molecular complexity index is 377. The van der Waals surface area contributed by atoms with Crippen LogP contribution in [0.4, 0.5) is 0 Å². The molecule has 0 unspecified atom stereocenters. The second kappa shape index (κ2) is 4.06. The van der Waals surface area contributed by atoms with Crippen LogP contribution in [0, 0.1) is 0 Å². The molecule has 2 rings (SSSR count). The van der Waals surface area contributed by atoms with E-state index < -0.39 is 5.60 Å². The molecule has 1 saturated carbocycles. The van der Waals surface area contributed by atoms with Gasteiger partial charge in [0.1, 0.15) is 0 Å². The Labute approximate surface area is 103 Å². The lowest BCUT2D eigenvalue weighted by Gasteiger charge is -2.42. The van der Waals surface area contributed by atoms with Crippen LogP contribution in [-0.2, 0) is 6.42 Å². The van der Waals surface area contributed by atoms with Crippen LogP contribution in [0.2, 0.25) is 5.02 Å². The number of nitrogens with two attached hydrogens (primary N) is 1. The van der Waals surface area contributed by atoms with Crippen molar-refractivity contribution in [1.82, 2.24) is 0 Å². The maximum Gasteiger partial charge on any atom is 0.0718 e. The van der Waals surface area contributed by atoms with Gasteiger partial charge in [0.15, 0.2) is 0 Å². The summed E-state index contributed by atoms with van der Waals surface area (Å²) in [6, 6.07) is 5.86. The van der Waals surface area contributed by atoms with Gasteiger partial charge in [-0.15, -0.1) is 0 Å². The highest BCUT2D eigenvalue weighted by atomic mass is 79.9. The third-order valence-electron chi connectivity index (χ3n) is 2.82. The Morgan fingerprint density at radius 2 is 2.20 bits per heavy atom. The quantitative estimate of drug-likeness (QED) is 0.879. The average molecular weight is 291 g/mol. The predicted octanol–water partition coefficient (Wildman–Crippen LogP) is 2.50. The van der Waals surface area contributed by atoms with E-state index in [1.165, 1.54) is 0 Å². The fourth-order valence-corrected chi connectivity index (χ4v) is 2.82. The summed E-state index contributed by atoms with van der Waals surface area (Å²) in [4.78, 5) is 0. The van der Waals surface area contributed by atoms with E-state index in [9.17, 15) is 5.11 Å². The molecule has 1 aromatic rings. The van der Waals surface area contributed by atoms with Crippen molar-refractivity contribution in [2.24, 2.45) is 5.73 Å². The van der Waals surface area contributed by atoms with Crippen LogP contribution in [0.3, 0.4) is 0 Å². The molecule has 0 radical (unpaired) electrons. The Balaban J connectivity index is 2.11. The largest absolute Gasteiger partial charge is 0.389 e. The number of hydrogen-bond acceptors (Lipinski definition) is 2. The van der Waals surface area contributed by atoms with Crippen molar-refractivity contribution in [3.63, 3.8) is 0 Å². The van der Waals surface area contributed by atoms with Gasteiger partial charge in [-0.1, -0.05) is 33.6 Å². The molecule has 15 heavy (non-hydrogen) atoms. The molecule has 0 aliphatic heterocycles. The molecular weight excluding hydrogens is 277 g/mol. The summed E-state index contributed by atoms with van der Waals surface area (Å²) >= 11 is 9.43. The molecule has 0 atom stereocenters. The zero-order chi connectivity index (χ0) is 11.1. The minimum atomic E-state index is -0.642. The van der Waals surface area contributed by atoms with Gasteiger partial charge in [0.25, 0.3) is 0 Å². The van der Waals surface area contributed by atoms with Gasteiger partial charge in [-0.25, -0.2) is 0 Å². The summed E-state index contributed by atoms with van der Waals surface area (Å²) in [6.07, 6.45) is 1.92. The molecule has 1 fully saturated rings. The van der Waals surface area contributed by atoms with Crippen molar-refractivity contribution < 1.29 is 5.11 Å². The van der Waals surface area contributed by atoms with Crippen LogP contribution >= 0.6 is 27.5 Å². The smallest absolute Gasteiger partial charge is 0.0718 e. The van der Waals surface area contributed by atoms with Crippen molar-refractivity contribution >= 4 is 27.5 Å². The zero-order valence-electron chi connectivity index (χ0n) is 8.21. The van der Waals surface area contributed by atoms with E-state index in [0.29, 0.717) is 24.3 Å². The number of halogens is 2. The highest BCUT2D eigenvalue weighted by Gasteiger charge is 2.40. The summed E-state index contributed by atoms with van der Waals surface area (Å²) in [6.45, 7) is 0. The van der Waals surface area contributed by atoms with E-state index in [1.807, 2.05) is 18.2 Å². The highest BCUT2D eigenvalue weighted by molar-refractivity contribution is 9.10. The summed E-state index contributed by atoms with van der Waals surface area (Å²) in [5, 5.41) is 10.8. The van der Waals surface area contributed by atoms with E-state index in [4.69, 9.17) is 17.3 Å².